The molecule has 0 amide bonds. The van der Waals surface area contributed by atoms with E-state index in [-0.39, 0.29) is 0 Å². The van der Waals surface area contributed by atoms with Gasteiger partial charge in [0.15, 0.2) is 0 Å². The molecule has 0 saturated carbocycles. The molecule has 2 rings (SSSR count). The molecule has 94 valence electrons. The Balaban J connectivity index is 2.19. The van der Waals surface area contributed by atoms with Gasteiger partial charge in [0.1, 0.15) is 0 Å². The van der Waals surface area contributed by atoms with Gasteiger partial charge in [-0.1, -0.05) is 41.4 Å². The van der Waals surface area contributed by atoms with Crippen molar-refractivity contribution < 1.29 is 5.11 Å². The van der Waals surface area contributed by atoms with Gasteiger partial charge in [-0.3, -0.25) is 0 Å². The van der Waals surface area contributed by atoms with Crippen LogP contribution in [0.25, 0.3) is 0 Å². The first-order chi connectivity index (χ1) is 8.56. The summed E-state index contributed by atoms with van der Waals surface area (Å²) in [6.07, 6.45) is -0.201. The van der Waals surface area contributed by atoms with Crippen LogP contribution in [0.3, 0.4) is 0 Å². The Morgan fingerprint density at radius 1 is 1.06 bits per heavy atom. The molecule has 1 atom stereocenters. The normalized spacial score (nSPS) is 12.4. The lowest BCUT2D eigenvalue weighted by molar-refractivity contribution is 0.179. The zero-order valence-electron chi connectivity index (χ0n) is 9.61. The lowest BCUT2D eigenvalue weighted by Crippen LogP contribution is -2.05. The number of rotatable bonds is 3. The molecule has 0 fully saturated rings. The molecule has 0 heterocycles. The first-order valence-corrected chi connectivity index (χ1v) is 6.29. The monoisotopic (exact) mass is 281 g/mol. The highest BCUT2D eigenvalue weighted by molar-refractivity contribution is 6.31. The standard InChI is InChI=1S/C14H13Cl2NO/c15-10-3-1-2-9(6-10)7-14(18)12-5-4-11(16)8-13(12)17/h1-6,8,14,18H,7,17H2. The van der Waals surface area contributed by atoms with E-state index >= 15 is 0 Å². The topological polar surface area (TPSA) is 46.2 Å². The van der Waals surface area contributed by atoms with E-state index in [1.54, 1.807) is 24.3 Å². The van der Waals surface area contributed by atoms with Gasteiger partial charge in [-0.25, -0.2) is 0 Å². The van der Waals surface area contributed by atoms with Gasteiger partial charge in [0.25, 0.3) is 0 Å². The molecule has 0 spiro atoms. The minimum atomic E-state index is -0.666. The van der Waals surface area contributed by atoms with Crippen LogP contribution in [-0.2, 0) is 6.42 Å². The number of benzene rings is 2. The first kappa shape index (κ1) is 13.2. The van der Waals surface area contributed by atoms with Crippen LogP contribution in [0.4, 0.5) is 5.69 Å². The summed E-state index contributed by atoms with van der Waals surface area (Å²) in [5.74, 6) is 0. The highest BCUT2D eigenvalue weighted by atomic mass is 35.5. The second-order valence-electron chi connectivity index (χ2n) is 4.12. The fraction of sp³-hybridized carbons (Fsp3) is 0.143. The predicted octanol–water partition coefficient (Wildman–Crippen LogP) is 3.85. The Hall–Kier alpha value is -1.22. The number of anilines is 1. The molecule has 18 heavy (non-hydrogen) atoms. The second kappa shape index (κ2) is 5.61. The van der Waals surface area contributed by atoms with Gasteiger partial charge in [0.2, 0.25) is 0 Å². The van der Waals surface area contributed by atoms with Gasteiger partial charge in [0.05, 0.1) is 6.10 Å². The van der Waals surface area contributed by atoms with Gasteiger partial charge in [0, 0.05) is 27.7 Å². The molecule has 0 bridgehead atoms. The molecule has 2 nitrogen and oxygen atoms in total. The molecule has 0 aliphatic heterocycles. The summed E-state index contributed by atoms with van der Waals surface area (Å²) < 4.78 is 0. The van der Waals surface area contributed by atoms with E-state index in [0.29, 0.717) is 27.7 Å². The average molecular weight is 282 g/mol. The molecule has 0 aliphatic rings. The Morgan fingerprint density at radius 2 is 1.78 bits per heavy atom. The van der Waals surface area contributed by atoms with Crippen molar-refractivity contribution in [1.82, 2.24) is 0 Å². The van der Waals surface area contributed by atoms with Gasteiger partial charge in [-0.2, -0.15) is 0 Å². The summed E-state index contributed by atoms with van der Waals surface area (Å²) in [5.41, 5.74) is 7.97. The fourth-order valence-electron chi connectivity index (χ4n) is 1.85. The molecule has 4 heteroatoms. The van der Waals surface area contributed by atoms with Crippen molar-refractivity contribution in [3.05, 3.63) is 63.6 Å². The van der Waals surface area contributed by atoms with Crippen molar-refractivity contribution in [3.63, 3.8) is 0 Å². The van der Waals surface area contributed by atoms with E-state index in [0.717, 1.165) is 5.56 Å². The minimum absolute atomic E-state index is 0.465. The van der Waals surface area contributed by atoms with Crippen molar-refractivity contribution in [1.29, 1.82) is 0 Å². The van der Waals surface area contributed by atoms with Crippen LogP contribution in [0.15, 0.2) is 42.5 Å². The number of halogens is 2. The Kier molecular flexibility index (Phi) is 4.12. The first-order valence-electron chi connectivity index (χ1n) is 5.53. The van der Waals surface area contributed by atoms with E-state index in [4.69, 9.17) is 28.9 Å². The van der Waals surface area contributed by atoms with E-state index in [1.165, 1.54) is 0 Å². The Bertz CT molecular complexity index is 557. The third-order valence-corrected chi connectivity index (χ3v) is 3.20. The largest absolute Gasteiger partial charge is 0.398 e. The maximum Gasteiger partial charge on any atom is 0.0850 e. The summed E-state index contributed by atoms with van der Waals surface area (Å²) >= 11 is 11.7. The maximum absolute atomic E-state index is 10.2. The van der Waals surface area contributed by atoms with Crippen LogP contribution < -0.4 is 5.73 Å². The number of hydrogen-bond acceptors (Lipinski definition) is 2. The molecule has 0 radical (unpaired) electrons. The van der Waals surface area contributed by atoms with Crippen LogP contribution >= 0.6 is 23.2 Å². The Labute approximate surface area is 116 Å². The molecular formula is C14H13Cl2NO. The third kappa shape index (κ3) is 3.16. The Morgan fingerprint density at radius 3 is 2.44 bits per heavy atom. The van der Waals surface area contributed by atoms with Crippen LogP contribution in [-0.4, -0.2) is 5.11 Å². The minimum Gasteiger partial charge on any atom is -0.398 e. The lowest BCUT2D eigenvalue weighted by Gasteiger charge is -2.14. The lowest BCUT2D eigenvalue weighted by atomic mass is 10.0. The molecule has 0 aromatic heterocycles. The number of aliphatic hydroxyl groups excluding tert-OH is 1. The van der Waals surface area contributed by atoms with Crippen molar-refractivity contribution in [2.75, 3.05) is 5.73 Å². The second-order valence-corrected chi connectivity index (χ2v) is 5.00. The summed E-state index contributed by atoms with van der Waals surface area (Å²) in [6, 6.07) is 12.5. The number of nitrogens with two attached hydrogens (primary N) is 1. The van der Waals surface area contributed by atoms with Crippen molar-refractivity contribution in [2.24, 2.45) is 0 Å². The van der Waals surface area contributed by atoms with Crippen molar-refractivity contribution in [3.8, 4) is 0 Å². The highest BCUT2D eigenvalue weighted by Crippen LogP contribution is 2.27. The molecule has 0 aliphatic carbocycles. The zero-order valence-corrected chi connectivity index (χ0v) is 11.1. The predicted molar refractivity (Wildman–Crippen MR) is 76.0 cm³/mol. The van der Waals surface area contributed by atoms with Gasteiger partial charge >= 0.3 is 0 Å². The van der Waals surface area contributed by atoms with E-state index in [1.807, 2.05) is 18.2 Å². The van der Waals surface area contributed by atoms with Gasteiger partial charge in [-0.05, 0) is 29.8 Å². The molecule has 3 N–H and O–H groups in total. The van der Waals surface area contributed by atoms with E-state index in [2.05, 4.69) is 0 Å². The van der Waals surface area contributed by atoms with Gasteiger partial charge < -0.3 is 10.8 Å². The highest BCUT2D eigenvalue weighted by Gasteiger charge is 2.12. The summed E-state index contributed by atoms with van der Waals surface area (Å²) in [4.78, 5) is 0. The molecule has 0 saturated heterocycles. The number of hydrogen-bond donors (Lipinski definition) is 2. The quantitative estimate of drug-likeness (QED) is 0.840. The third-order valence-electron chi connectivity index (χ3n) is 2.73. The number of nitrogen functional groups attached to an aromatic ring is 1. The van der Waals surface area contributed by atoms with E-state index in [9.17, 15) is 5.11 Å². The molecular weight excluding hydrogens is 269 g/mol. The van der Waals surface area contributed by atoms with Crippen LogP contribution in [0, 0.1) is 0 Å². The average Bonchev–Trinajstić information content (AvgIpc) is 2.28. The van der Waals surface area contributed by atoms with E-state index < -0.39 is 6.10 Å². The smallest absolute Gasteiger partial charge is 0.0850 e. The summed E-state index contributed by atoms with van der Waals surface area (Å²) in [7, 11) is 0. The van der Waals surface area contributed by atoms with Crippen molar-refractivity contribution >= 4 is 28.9 Å². The summed E-state index contributed by atoms with van der Waals surface area (Å²) in [5, 5.41) is 11.4. The SMILES string of the molecule is Nc1cc(Cl)ccc1C(O)Cc1cccc(Cl)c1. The zero-order chi connectivity index (χ0) is 13.1. The van der Waals surface area contributed by atoms with Crippen LogP contribution in [0.5, 0.6) is 0 Å². The maximum atomic E-state index is 10.2. The van der Waals surface area contributed by atoms with Gasteiger partial charge in [-0.15, -0.1) is 0 Å². The molecule has 2 aromatic rings. The fourth-order valence-corrected chi connectivity index (χ4v) is 2.24. The van der Waals surface area contributed by atoms with Crippen LogP contribution in [0.1, 0.15) is 17.2 Å². The molecule has 1 unspecified atom stereocenters. The summed E-state index contributed by atoms with van der Waals surface area (Å²) in [6.45, 7) is 0. The van der Waals surface area contributed by atoms with Crippen LogP contribution in [0.2, 0.25) is 10.0 Å². The number of aliphatic hydroxyl groups is 1. The molecule has 2 aromatic carbocycles. The van der Waals surface area contributed by atoms with Crippen molar-refractivity contribution in [2.45, 2.75) is 12.5 Å².